The standard InChI is InChI=1S/C25H47N7O7S/c1-14(2)11-17(20(34)24-30-29-23(39-24)15(3)4)28-21(35)16(5)27-22(36)18(31-40(37,38)32(9)10)12-19(33)26-13-25(6,7)8/h14-18,20,31,34H,11-13H2,1-10H3,(H,26,33)(H,27,36)(H,28,35)/t16-,17-,18-,20?/m0/s1. The van der Waals surface area contributed by atoms with Crippen LogP contribution in [0.1, 0.15) is 92.0 Å². The number of hydrogen-bond acceptors (Lipinski definition) is 9. The predicted octanol–water partition coefficient (Wildman–Crippen LogP) is 0.579. The van der Waals surface area contributed by atoms with Crippen LogP contribution >= 0.6 is 0 Å². The van der Waals surface area contributed by atoms with Crippen molar-refractivity contribution < 1.29 is 32.3 Å². The summed E-state index contributed by atoms with van der Waals surface area (Å²) >= 11 is 0. The van der Waals surface area contributed by atoms with Gasteiger partial charge in [0.25, 0.3) is 10.2 Å². The molecule has 1 heterocycles. The van der Waals surface area contributed by atoms with Gasteiger partial charge in [-0.3, -0.25) is 14.4 Å². The fourth-order valence-corrected chi connectivity index (χ4v) is 4.09. The van der Waals surface area contributed by atoms with Crippen molar-refractivity contribution >= 4 is 27.9 Å². The number of rotatable bonds is 15. The van der Waals surface area contributed by atoms with Crippen molar-refractivity contribution in [2.24, 2.45) is 11.3 Å². The van der Waals surface area contributed by atoms with Gasteiger partial charge in [0, 0.05) is 26.6 Å². The first-order valence-electron chi connectivity index (χ1n) is 13.3. The molecule has 0 spiro atoms. The highest BCUT2D eigenvalue weighted by molar-refractivity contribution is 7.87. The summed E-state index contributed by atoms with van der Waals surface area (Å²) in [6, 6.07) is -3.42. The molecule has 1 rings (SSSR count). The molecule has 0 radical (unpaired) electrons. The first kappa shape index (κ1) is 35.4. The van der Waals surface area contributed by atoms with Crippen molar-refractivity contribution in [2.75, 3.05) is 20.6 Å². The van der Waals surface area contributed by atoms with Gasteiger partial charge in [0.2, 0.25) is 29.5 Å². The molecule has 0 saturated carbocycles. The lowest BCUT2D eigenvalue weighted by Crippen LogP contribution is -2.56. The Morgan fingerprint density at radius 1 is 0.975 bits per heavy atom. The molecule has 4 atom stereocenters. The number of aromatic nitrogens is 2. The zero-order chi connectivity index (χ0) is 31.0. The minimum Gasteiger partial charge on any atom is -0.422 e. The average Bonchev–Trinajstić information content (AvgIpc) is 3.31. The maximum absolute atomic E-state index is 13.1. The van der Waals surface area contributed by atoms with E-state index in [1.165, 1.54) is 21.0 Å². The van der Waals surface area contributed by atoms with Gasteiger partial charge in [-0.15, -0.1) is 10.2 Å². The smallest absolute Gasteiger partial charge is 0.279 e. The molecule has 1 aromatic heterocycles. The molecule has 0 bridgehead atoms. The van der Waals surface area contributed by atoms with E-state index in [-0.39, 0.29) is 23.1 Å². The Labute approximate surface area is 237 Å². The van der Waals surface area contributed by atoms with Crippen LogP contribution in [0.3, 0.4) is 0 Å². The van der Waals surface area contributed by atoms with E-state index in [0.717, 1.165) is 4.31 Å². The first-order valence-corrected chi connectivity index (χ1v) is 14.8. The van der Waals surface area contributed by atoms with Gasteiger partial charge in [0.1, 0.15) is 12.1 Å². The number of aliphatic hydroxyl groups excluding tert-OH is 1. The molecule has 3 amide bonds. The van der Waals surface area contributed by atoms with Gasteiger partial charge in [0.15, 0.2) is 6.10 Å². The Morgan fingerprint density at radius 2 is 1.55 bits per heavy atom. The van der Waals surface area contributed by atoms with Crippen molar-refractivity contribution in [3.8, 4) is 0 Å². The molecule has 1 aromatic rings. The summed E-state index contributed by atoms with van der Waals surface area (Å²) in [5.74, 6) is -1.68. The highest BCUT2D eigenvalue weighted by Crippen LogP contribution is 2.23. The summed E-state index contributed by atoms with van der Waals surface area (Å²) < 4.78 is 33.5. The van der Waals surface area contributed by atoms with Gasteiger partial charge in [-0.1, -0.05) is 48.5 Å². The van der Waals surface area contributed by atoms with E-state index in [1.807, 2.05) is 48.5 Å². The molecule has 14 nitrogen and oxygen atoms in total. The SMILES string of the molecule is CC(C)C[C@H](NC(=O)[C@H](C)NC(=O)[C@H](CC(=O)NCC(C)(C)C)NS(=O)(=O)N(C)C)C(O)c1nnc(C(C)C)o1. The van der Waals surface area contributed by atoms with E-state index < -0.39 is 58.6 Å². The lowest BCUT2D eigenvalue weighted by molar-refractivity contribution is -0.131. The van der Waals surface area contributed by atoms with E-state index in [0.29, 0.717) is 18.9 Å². The molecule has 0 aromatic carbocycles. The number of hydrogen-bond donors (Lipinski definition) is 5. The number of amides is 3. The van der Waals surface area contributed by atoms with E-state index in [2.05, 4.69) is 30.9 Å². The quantitative estimate of drug-likeness (QED) is 0.194. The monoisotopic (exact) mass is 589 g/mol. The topological polar surface area (TPSA) is 196 Å². The molecule has 230 valence electrons. The second-order valence-electron chi connectivity index (χ2n) is 12.1. The lowest BCUT2D eigenvalue weighted by Gasteiger charge is -2.27. The van der Waals surface area contributed by atoms with Crippen LogP contribution in [-0.2, 0) is 24.6 Å². The first-order chi connectivity index (χ1) is 18.2. The molecule has 40 heavy (non-hydrogen) atoms. The Kier molecular flexibility index (Phi) is 13.1. The molecule has 5 N–H and O–H groups in total. The Morgan fingerprint density at radius 3 is 2.02 bits per heavy atom. The van der Waals surface area contributed by atoms with Crippen molar-refractivity contribution in [2.45, 2.75) is 98.4 Å². The Bertz CT molecular complexity index is 1100. The van der Waals surface area contributed by atoms with Gasteiger partial charge >= 0.3 is 0 Å². The number of aliphatic hydroxyl groups is 1. The van der Waals surface area contributed by atoms with Crippen molar-refractivity contribution in [3.05, 3.63) is 11.8 Å². The largest absolute Gasteiger partial charge is 0.422 e. The molecule has 1 unspecified atom stereocenters. The molecule has 0 aliphatic heterocycles. The minimum absolute atomic E-state index is 0.0363. The highest BCUT2D eigenvalue weighted by atomic mass is 32.2. The second-order valence-corrected chi connectivity index (χ2v) is 14.0. The zero-order valence-electron chi connectivity index (χ0n) is 25.2. The van der Waals surface area contributed by atoms with Crippen LogP contribution < -0.4 is 20.7 Å². The highest BCUT2D eigenvalue weighted by Gasteiger charge is 2.33. The maximum Gasteiger partial charge on any atom is 0.279 e. The summed E-state index contributed by atoms with van der Waals surface area (Å²) in [5.41, 5.74) is -0.224. The summed E-state index contributed by atoms with van der Waals surface area (Å²) in [6.07, 6.45) is -1.40. The van der Waals surface area contributed by atoms with Gasteiger partial charge in [-0.2, -0.15) is 17.4 Å². The maximum atomic E-state index is 13.1. The number of carbonyl (C=O) groups is 3. The molecule has 0 aliphatic rings. The summed E-state index contributed by atoms with van der Waals surface area (Å²) in [6.45, 7) is 15.0. The van der Waals surface area contributed by atoms with Crippen molar-refractivity contribution in [1.82, 2.24) is 35.2 Å². The van der Waals surface area contributed by atoms with E-state index >= 15 is 0 Å². The normalized spacial score (nSPS) is 15.6. The molecule has 0 saturated heterocycles. The fourth-order valence-electron chi connectivity index (χ4n) is 3.33. The third kappa shape index (κ3) is 11.9. The molecule has 0 fully saturated rings. The van der Waals surface area contributed by atoms with E-state index in [9.17, 15) is 27.9 Å². The lowest BCUT2D eigenvalue weighted by atomic mass is 9.97. The van der Waals surface area contributed by atoms with Crippen LogP contribution in [0.15, 0.2) is 4.42 Å². The zero-order valence-corrected chi connectivity index (χ0v) is 26.0. The molecule has 15 heteroatoms. The van der Waals surface area contributed by atoms with E-state index in [1.54, 1.807) is 0 Å². The van der Waals surface area contributed by atoms with Crippen LogP contribution in [0, 0.1) is 11.3 Å². The Balaban J connectivity index is 3.02. The number of nitrogens with zero attached hydrogens (tertiary/aromatic N) is 3. The van der Waals surface area contributed by atoms with Crippen LogP contribution in [0.25, 0.3) is 0 Å². The van der Waals surface area contributed by atoms with Gasteiger partial charge in [-0.05, 0) is 24.7 Å². The number of carbonyl (C=O) groups excluding carboxylic acids is 3. The van der Waals surface area contributed by atoms with Gasteiger partial charge in [-0.25, -0.2) is 0 Å². The average molecular weight is 590 g/mol. The fraction of sp³-hybridized carbons (Fsp3) is 0.800. The van der Waals surface area contributed by atoms with Crippen molar-refractivity contribution in [1.29, 1.82) is 0 Å². The third-order valence-electron chi connectivity index (χ3n) is 5.68. The van der Waals surface area contributed by atoms with Gasteiger partial charge in [0.05, 0.1) is 12.5 Å². The number of nitrogens with one attached hydrogen (secondary N) is 4. The molecule has 0 aliphatic carbocycles. The summed E-state index contributed by atoms with van der Waals surface area (Å²) in [4.78, 5) is 38.6. The van der Waals surface area contributed by atoms with Gasteiger partial charge < -0.3 is 25.5 Å². The van der Waals surface area contributed by atoms with E-state index in [4.69, 9.17) is 4.42 Å². The predicted molar refractivity (Wildman–Crippen MR) is 149 cm³/mol. The van der Waals surface area contributed by atoms with Crippen LogP contribution in [-0.4, -0.2) is 84.5 Å². The third-order valence-corrected chi connectivity index (χ3v) is 7.23. The van der Waals surface area contributed by atoms with Crippen LogP contribution in [0.4, 0.5) is 0 Å². The Hall–Kier alpha value is -2.62. The second kappa shape index (κ2) is 14.8. The summed E-state index contributed by atoms with van der Waals surface area (Å²) in [7, 11) is -1.52. The summed E-state index contributed by atoms with van der Waals surface area (Å²) in [5, 5.41) is 26.6. The molecular weight excluding hydrogens is 542 g/mol. The van der Waals surface area contributed by atoms with Crippen LogP contribution in [0.5, 0.6) is 0 Å². The van der Waals surface area contributed by atoms with Crippen molar-refractivity contribution in [3.63, 3.8) is 0 Å². The molecular formula is C25H47N7O7S. The van der Waals surface area contributed by atoms with Crippen LogP contribution in [0.2, 0.25) is 0 Å². The minimum atomic E-state index is -4.08.